The summed E-state index contributed by atoms with van der Waals surface area (Å²) in [6.07, 6.45) is 6.13. The molecule has 2 aromatic rings. The van der Waals surface area contributed by atoms with Gasteiger partial charge in [0.15, 0.2) is 0 Å². The molecular weight excluding hydrogens is 244 g/mol. The van der Waals surface area contributed by atoms with Crippen LogP contribution in [0.4, 0.5) is 5.82 Å². The number of aliphatic hydroxyl groups is 1. The molecular formula is C13H16N4O2. The number of aromatic amines is 1. The monoisotopic (exact) mass is 260 g/mol. The highest BCUT2D eigenvalue weighted by Gasteiger charge is 2.27. The Balaban J connectivity index is 1.97. The third-order valence-electron chi connectivity index (χ3n) is 3.78. The van der Waals surface area contributed by atoms with Gasteiger partial charge in [0.05, 0.1) is 0 Å². The van der Waals surface area contributed by atoms with Gasteiger partial charge in [-0.3, -0.25) is 4.79 Å². The molecule has 1 aliphatic carbocycles. The summed E-state index contributed by atoms with van der Waals surface area (Å²) in [6, 6.07) is 2.00. The van der Waals surface area contributed by atoms with E-state index in [1.54, 1.807) is 12.3 Å². The molecule has 1 fully saturated rings. The smallest absolute Gasteiger partial charge is 0.274 e. The summed E-state index contributed by atoms with van der Waals surface area (Å²) in [4.78, 5) is 22.5. The molecule has 2 heterocycles. The van der Waals surface area contributed by atoms with Gasteiger partial charge in [-0.2, -0.15) is 0 Å². The van der Waals surface area contributed by atoms with E-state index in [1.165, 1.54) is 6.33 Å². The van der Waals surface area contributed by atoms with Crippen LogP contribution >= 0.6 is 0 Å². The first-order chi connectivity index (χ1) is 9.29. The van der Waals surface area contributed by atoms with Crippen molar-refractivity contribution in [1.82, 2.24) is 15.0 Å². The molecule has 2 atom stereocenters. The number of H-pyrrole nitrogens is 1. The van der Waals surface area contributed by atoms with Crippen molar-refractivity contribution in [2.75, 3.05) is 11.9 Å². The zero-order valence-corrected chi connectivity index (χ0v) is 10.5. The third-order valence-corrected chi connectivity index (χ3v) is 3.78. The maximum Gasteiger partial charge on any atom is 0.274 e. The highest BCUT2D eigenvalue weighted by atomic mass is 16.3. The number of nitrogens with zero attached hydrogens (tertiary/aromatic N) is 2. The fraction of sp³-hybridized carbons (Fsp3) is 0.462. The van der Waals surface area contributed by atoms with E-state index >= 15 is 0 Å². The summed E-state index contributed by atoms with van der Waals surface area (Å²) >= 11 is 0. The molecule has 6 nitrogen and oxygen atoms in total. The van der Waals surface area contributed by atoms with E-state index in [1.807, 2.05) is 0 Å². The second-order valence-corrected chi connectivity index (χ2v) is 4.92. The van der Waals surface area contributed by atoms with E-state index in [0.717, 1.165) is 24.6 Å². The number of hydrogen-bond donors (Lipinski definition) is 3. The van der Waals surface area contributed by atoms with Gasteiger partial charge in [-0.05, 0) is 18.9 Å². The van der Waals surface area contributed by atoms with Crippen LogP contribution in [0.1, 0.15) is 19.3 Å². The number of anilines is 1. The summed E-state index contributed by atoms with van der Waals surface area (Å²) in [7, 11) is 0. The molecule has 0 aliphatic heterocycles. The van der Waals surface area contributed by atoms with Crippen molar-refractivity contribution in [2.45, 2.75) is 25.3 Å². The molecule has 19 heavy (non-hydrogen) atoms. The molecule has 0 radical (unpaired) electrons. The molecule has 3 N–H and O–H groups in total. The quantitative estimate of drug-likeness (QED) is 0.762. The normalized spacial score (nSPS) is 22.8. The summed E-state index contributed by atoms with van der Waals surface area (Å²) in [5.41, 5.74) is 0.173. The number of pyridine rings is 1. The first-order valence-corrected chi connectivity index (χ1v) is 6.49. The molecule has 2 unspecified atom stereocenters. The van der Waals surface area contributed by atoms with Crippen molar-refractivity contribution in [3.05, 3.63) is 28.9 Å². The maximum atomic E-state index is 11.7. The molecule has 0 spiro atoms. The van der Waals surface area contributed by atoms with Crippen molar-refractivity contribution in [3.63, 3.8) is 0 Å². The summed E-state index contributed by atoms with van der Waals surface area (Å²) in [5.74, 6) is 0.925. The topological polar surface area (TPSA) is 90.9 Å². The lowest BCUT2D eigenvalue weighted by molar-refractivity contribution is 0.222. The summed E-state index contributed by atoms with van der Waals surface area (Å²) in [6.45, 7) is 0.182. The van der Waals surface area contributed by atoms with Crippen LogP contribution in [0, 0.1) is 5.92 Å². The first-order valence-electron chi connectivity index (χ1n) is 6.49. The van der Waals surface area contributed by atoms with Crippen LogP contribution in [0.3, 0.4) is 0 Å². The van der Waals surface area contributed by atoms with Gasteiger partial charge in [0.2, 0.25) is 0 Å². The lowest BCUT2D eigenvalue weighted by Gasteiger charge is -2.20. The standard InChI is InChI=1S/C13H16N4O2/c18-6-8-2-1-3-10(8)17-12-9-4-5-14-13(19)11(9)15-7-16-12/h4-5,7-8,10,18H,1-3,6H2,(H,14,19)(H,15,16,17). The second kappa shape index (κ2) is 4.97. The number of rotatable bonds is 3. The van der Waals surface area contributed by atoms with Crippen LogP contribution in [0.15, 0.2) is 23.4 Å². The van der Waals surface area contributed by atoms with Crippen LogP contribution in [0.5, 0.6) is 0 Å². The fourth-order valence-electron chi connectivity index (χ4n) is 2.74. The van der Waals surface area contributed by atoms with Crippen molar-refractivity contribution in [2.24, 2.45) is 5.92 Å². The van der Waals surface area contributed by atoms with Gasteiger partial charge in [0, 0.05) is 30.1 Å². The molecule has 6 heteroatoms. The average Bonchev–Trinajstić information content (AvgIpc) is 2.87. The molecule has 0 saturated heterocycles. The highest BCUT2D eigenvalue weighted by Crippen LogP contribution is 2.29. The van der Waals surface area contributed by atoms with Crippen LogP contribution in [-0.4, -0.2) is 32.7 Å². The molecule has 100 valence electrons. The number of fused-ring (bicyclic) bond motifs is 1. The molecule has 3 rings (SSSR count). The Morgan fingerprint density at radius 1 is 1.42 bits per heavy atom. The third kappa shape index (κ3) is 2.19. The molecule has 0 amide bonds. The van der Waals surface area contributed by atoms with Gasteiger partial charge in [-0.25, -0.2) is 9.97 Å². The minimum Gasteiger partial charge on any atom is -0.396 e. The lowest BCUT2D eigenvalue weighted by atomic mass is 10.1. The Labute approximate surface area is 109 Å². The lowest BCUT2D eigenvalue weighted by Crippen LogP contribution is -2.27. The van der Waals surface area contributed by atoms with E-state index in [4.69, 9.17) is 0 Å². The van der Waals surface area contributed by atoms with Gasteiger partial charge in [0.1, 0.15) is 17.7 Å². The Kier molecular flexibility index (Phi) is 3.16. The van der Waals surface area contributed by atoms with Crippen LogP contribution in [0.25, 0.3) is 10.9 Å². The van der Waals surface area contributed by atoms with Crippen molar-refractivity contribution in [3.8, 4) is 0 Å². The van der Waals surface area contributed by atoms with Gasteiger partial charge >= 0.3 is 0 Å². The molecule has 0 bridgehead atoms. The van der Waals surface area contributed by atoms with E-state index in [9.17, 15) is 9.90 Å². The Hall–Kier alpha value is -1.95. The van der Waals surface area contributed by atoms with Gasteiger partial charge in [-0.1, -0.05) is 6.42 Å². The number of nitrogens with one attached hydrogen (secondary N) is 2. The predicted molar refractivity (Wildman–Crippen MR) is 72.0 cm³/mol. The Morgan fingerprint density at radius 2 is 2.32 bits per heavy atom. The van der Waals surface area contributed by atoms with E-state index in [2.05, 4.69) is 20.3 Å². The van der Waals surface area contributed by atoms with Crippen molar-refractivity contribution >= 4 is 16.7 Å². The van der Waals surface area contributed by atoms with E-state index < -0.39 is 0 Å². The zero-order chi connectivity index (χ0) is 13.2. The maximum absolute atomic E-state index is 11.7. The molecule has 1 saturated carbocycles. The largest absolute Gasteiger partial charge is 0.396 e. The van der Waals surface area contributed by atoms with E-state index in [0.29, 0.717) is 11.3 Å². The minimum atomic E-state index is -0.215. The zero-order valence-electron chi connectivity index (χ0n) is 10.5. The van der Waals surface area contributed by atoms with Gasteiger partial charge < -0.3 is 15.4 Å². The summed E-state index contributed by atoms with van der Waals surface area (Å²) in [5, 5.41) is 13.4. The van der Waals surface area contributed by atoms with Crippen LogP contribution in [-0.2, 0) is 0 Å². The summed E-state index contributed by atoms with van der Waals surface area (Å²) < 4.78 is 0. The SMILES string of the molecule is O=c1[nH]ccc2c(NC3CCCC3CO)ncnc12. The highest BCUT2D eigenvalue weighted by molar-refractivity contribution is 5.87. The number of aromatic nitrogens is 3. The first kappa shape index (κ1) is 12.1. The second-order valence-electron chi connectivity index (χ2n) is 4.92. The Morgan fingerprint density at radius 3 is 3.16 bits per heavy atom. The van der Waals surface area contributed by atoms with Crippen LogP contribution in [0.2, 0.25) is 0 Å². The van der Waals surface area contributed by atoms with Gasteiger partial charge in [-0.15, -0.1) is 0 Å². The Bertz CT molecular complexity index is 640. The number of aliphatic hydroxyl groups excluding tert-OH is 1. The van der Waals surface area contributed by atoms with Crippen molar-refractivity contribution < 1.29 is 5.11 Å². The van der Waals surface area contributed by atoms with Crippen LogP contribution < -0.4 is 10.9 Å². The number of hydrogen-bond acceptors (Lipinski definition) is 5. The van der Waals surface area contributed by atoms with Gasteiger partial charge in [0.25, 0.3) is 5.56 Å². The molecule has 1 aliphatic rings. The van der Waals surface area contributed by atoms with E-state index in [-0.39, 0.29) is 24.1 Å². The minimum absolute atomic E-state index is 0.182. The van der Waals surface area contributed by atoms with Crippen molar-refractivity contribution in [1.29, 1.82) is 0 Å². The fourth-order valence-corrected chi connectivity index (χ4v) is 2.74. The predicted octanol–water partition coefficient (Wildman–Crippen LogP) is 0.891. The molecule has 2 aromatic heterocycles. The average molecular weight is 260 g/mol. The molecule has 0 aromatic carbocycles.